The van der Waals surface area contributed by atoms with Crippen molar-refractivity contribution in [2.45, 2.75) is 51.4 Å². The van der Waals surface area contributed by atoms with E-state index in [0.29, 0.717) is 5.41 Å². The van der Waals surface area contributed by atoms with Crippen molar-refractivity contribution in [1.82, 2.24) is 0 Å². The zero-order valence-corrected chi connectivity index (χ0v) is 8.58. The fourth-order valence-electron chi connectivity index (χ4n) is 2.77. The van der Waals surface area contributed by atoms with Crippen LogP contribution in [0.5, 0.6) is 0 Å². The van der Waals surface area contributed by atoms with Crippen LogP contribution in [0.25, 0.3) is 0 Å². The van der Waals surface area contributed by atoms with Crippen molar-refractivity contribution in [3.05, 3.63) is 11.0 Å². The largest absolute Gasteiger partial charge is 0.148 e. The van der Waals surface area contributed by atoms with Crippen LogP contribution in [-0.2, 0) is 0 Å². The maximum atomic E-state index is 4.51. The quantitative estimate of drug-likeness (QED) is 0.539. The Morgan fingerprint density at radius 2 is 1.67 bits per heavy atom. The second-order valence-corrected chi connectivity index (χ2v) is 4.99. The molecule has 0 heterocycles. The minimum absolute atomic E-state index is 0.591. The highest BCUT2D eigenvalue weighted by Gasteiger charge is 2.31. The molecule has 0 nitrogen and oxygen atoms in total. The third-order valence-corrected chi connectivity index (χ3v) is 3.78. The summed E-state index contributed by atoms with van der Waals surface area (Å²) in [7, 11) is 0. The summed E-state index contributed by atoms with van der Waals surface area (Å²) < 4.78 is 0. The van der Waals surface area contributed by atoms with Gasteiger partial charge in [-0.15, -0.1) is 12.6 Å². The summed E-state index contributed by atoms with van der Waals surface area (Å²) in [5, 5.41) is 0. The maximum Gasteiger partial charge on any atom is -0.0107 e. The van der Waals surface area contributed by atoms with E-state index in [-0.39, 0.29) is 0 Å². The molecule has 0 unspecified atom stereocenters. The summed E-state index contributed by atoms with van der Waals surface area (Å²) >= 11 is 4.51. The predicted molar refractivity (Wildman–Crippen MR) is 56.4 cm³/mol. The van der Waals surface area contributed by atoms with E-state index in [1.807, 2.05) is 0 Å². The van der Waals surface area contributed by atoms with Crippen LogP contribution in [0.1, 0.15) is 51.4 Å². The van der Waals surface area contributed by atoms with E-state index in [2.05, 4.69) is 18.7 Å². The Hall–Kier alpha value is 0.0900. The Balaban J connectivity index is 2.12. The highest BCUT2D eigenvalue weighted by atomic mass is 32.1. The van der Waals surface area contributed by atoms with Crippen LogP contribution in [0.15, 0.2) is 11.0 Å². The molecule has 2 rings (SSSR count). The molecule has 1 saturated carbocycles. The van der Waals surface area contributed by atoms with Gasteiger partial charge >= 0.3 is 0 Å². The summed E-state index contributed by atoms with van der Waals surface area (Å²) in [6.07, 6.45) is 13.7. The SMILES string of the molecule is SC1=CC2(CCCCC2)CCC1. The molecule has 0 bridgehead atoms. The van der Waals surface area contributed by atoms with Gasteiger partial charge in [0, 0.05) is 0 Å². The van der Waals surface area contributed by atoms with E-state index in [9.17, 15) is 0 Å². The normalized spacial score (nSPS) is 28.6. The van der Waals surface area contributed by atoms with E-state index in [1.165, 1.54) is 56.3 Å². The molecule has 0 radical (unpaired) electrons. The molecule has 0 aromatic heterocycles. The number of hydrogen-bond donors (Lipinski definition) is 1. The minimum Gasteiger partial charge on any atom is -0.148 e. The maximum absolute atomic E-state index is 4.51. The molecule has 0 aromatic carbocycles. The van der Waals surface area contributed by atoms with Crippen molar-refractivity contribution in [2.24, 2.45) is 5.41 Å². The lowest BCUT2D eigenvalue weighted by Gasteiger charge is -2.37. The predicted octanol–water partition coefficient (Wildman–Crippen LogP) is 3.93. The van der Waals surface area contributed by atoms with Crippen molar-refractivity contribution in [1.29, 1.82) is 0 Å². The van der Waals surface area contributed by atoms with Gasteiger partial charge in [0.05, 0.1) is 0 Å². The van der Waals surface area contributed by atoms with Gasteiger partial charge in [-0.2, -0.15) is 0 Å². The van der Waals surface area contributed by atoms with E-state index in [1.54, 1.807) is 0 Å². The van der Waals surface area contributed by atoms with Gasteiger partial charge in [-0.1, -0.05) is 25.3 Å². The van der Waals surface area contributed by atoms with Crippen LogP contribution < -0.4 is 0 Å². The summed E-state index contributed by atoms with van der Waals surface area (Å²) in [5.41, 5.74) is 0.591. The zero-order chi connectivity index (χ0) is 8.44. The van der Waals surface area contributed by atoms with Gasteiger partial charge in [-0.3, -0.25) is 0 Å². The molecule has 68 valence electrons. The first-order valence-corrected chi connectivity index (χ1v) is 5.66. The van der Waals surface area contributed by atoms with E-state index < -0.39 is 0 Å². The molecule has 12 heavy (non-hydrogen) atoms. The highest BCUT2D eigenvalue weighted by molar-refractivity contribution is 7.84. The second-order valence-electron chi connectivity index (χ2n) is 4.41. The fourth-order valence-corrected chi connectivity index (χ4v) is 3.20. The third-order valence-electron chi connectivity index (χ3n) is 3.43. The van der Waals surface area contributed by atoms with Crippen LogP contribution in [0, 0.1) is 5.41 Å². The van der Waals surface area contributed by atoms with Crippen molar-refractivity contribution >= 4 is 12.6 Å². The van der Waals surface area contributed by atoms with Crippen molar-refractivity contribution < 1.29 is 0 Å². The molecule has 1 spiro atoms. The number of rotatable bonds is 0. The van der Waals surface area contributed by atoms with Crippen molar-refractivity contribution in [3.63, 3.8) is 0 Å². The standard InChI is InChI=1S/C11H18S/c12-10-5-4-8-11(9-10)6-2-1-3-7-11/h9,12H,1-8H2. The fraction of sp³-hybridized carbons (Fsp3) is 0.818. The van der Waals surface area contributed by atoms with Gasteiger partial charge in [0.15, 0.2) is 0 Å². The van der Waals surface area contributed by atoms with Crippen LogP contribution >= 0.6 is 12.6 Å². The van der Waals surface area contributed by atoms with Crippen LogP contribution in [0.3, 0.4) is 0 Å². The van der Waals surface area contributed by atoms with Crippen molar-refractivity contribution in [3.8, 4) is 0 Å². The lowest BCUT2D eigenvalue weighted by molar-refractivity contribution is 0.225. The molecule has 2 aliphatic rings. The summed E-state index contributed by atoms with van der Waals surface area (Å²) in [4.78, 5) is 1.35. The van der Waals surface area contributed by atoms with Crippen LogP contribution in [-0.4, -0.2) is 0 Å². The van der Waals surface area contributed by atoms with E-state index >= 15 is 0 Å². The molecule has 0 N–H and O–H groups in total. The molecule has 1 fully saturated rings. The summed E-state index contributed by atoms with van der Waals surface area (Å²) in [5.74, 6) is 0. The molecule has 0 saturated heterocycles. The first-order valence-electron chi connectivity index (χ1n) is 5.22. The van der Waals surface area contributed by atoms with Crippen molar-refractivity contribution in [2.75, 3.05) is 0 Å². The average Bonchev–Trinajstić information content (AvgIpc) is 2.05. The zero-order valence-electron chi connectivity index (χ0n) is 7.68. The molecule has 0 aliphatic heterocycles. The summed E-state index contributed by atoms with van der Waals surface area (Å²) in [6, 6.07) is 0. The van der Waals surface area contributed by atoms with E-state index in [4.69, 9.17) is 0 Å². The molecule has 0 amide bonds. The number of allylic oxidation sites excluding steroid dienone is 2. The minimum atomic E-state index is 0.591. The van der Waals surface area contributed by atoms with Gasteiger partial charge in [-0.25, -0.2) is 0 Å². The van der Waals surface area contributed by atoms with Gasteiger partial charge in [0.1, 0.15) is 0 Å². The molecule has 0 aromatic rings. The second kappa shape index (κ2) is 3.45. The number of thiol groups is 1. The van der Waals surface area contributed by atoms with Crippen LogP contribution in [0.2, 0.25) is 0 Å². The third kappa shape index (κ3) is 1.71. The van der Waals surface area contributed by atoms with Crippen LogP contribution in [0.4, 0.5) is 0 Å². The van der Waals surface area contributed by atoms with E-state index in [0.717, 1.165) is 0 Å². The molecular weight excluding hydrogens is 164 g/mol. The lowest BCUT2D eigenvalue weighted by atomic mass is 9.69. The Morgan fingerprint density at radius 1 is 1.00 bits per heavy atom. The van der Waals surface area contributed by atoms with Gasteiger partial charge < -0.3 is 0 Å². The first kappa shape index (κ1) is 8.68. The topological polar surface area (TPSA) is 0 Å². The Bertz CT molecular complexity index is 187. The Kier molecular flexibility index (Phi) is 2.49. The average molecular weight is 182 g/mol. The highest BCUT2D eigenvalue weighted by Crippen LogP contribution is 2.46. The van der Waals surface area contributed by atoms with Gasteiger partial charge in [0.25, 0.3) is 0 Å². The first-order chi connectivity index (χ1) is 5.81. The Labute approximate surface area is 80.8 Å². The monoisotopic (exact) mass is 182 g/mol. The Morgan fingerprint density at radius 3 is 2.33 bits per heavy atom. The molecular formula is C11H18S. The smallest absolute Gasteiger partial charge is 0.0107 e. The lowest BCUT2D eigenvalue weighted by Crippen LogP contribution is -2.24. The van der Waals surface area contributed by atoms with Gasteiger partial charge in [0.2, 0.25) is 0 Å². The number of hydrogen-bond acceptors (Lipinski definition) is 1. The molecule has 0 atom stereocenters. The summed E-state index contributed by atoms with van der Waals surface area (Å²) in [6.45, 7) is 0. The van der Waals surface area contributed by atoms with Gasteiger partial charge in [-0.05, 0) is 42.4 Å². The molecule has 2 aliphatic carbocycles. The molecule has 1 heteroatoms.